The molecule has 6 nitrogen and oxygen atoms in total. The lowest BCUT2D eigenvalue weighted by Crippen LogP contribution is -2.48. The quantitative estimate of drug-likeness (QED) is 0.806. The van der Waals surface area contributed by atoms with Crippen LogP contribution in [0.3, 0.4) is 0 Å². The molecule has 0 radical (unpaired) electrons. The third kappa shape index (κ3) is 5.38. The standard InChI is InChI=1S/C22H28N4O2/c1-15-8-10-18(12-23-15)21(27)25-14-20(17-6-4-3-5-7-17)26-22(28)19-11-9-16(2)24-13-19/h8-13,17,20H,3-7,14H2,1-2H3,(H,25,27)(H,26,28). The lowest BCUT2D eigenvalue weighted by Gasteiger charge is -2.31. The first-order chi connectivity index (χ1) is 13.5. The Kier molecular flexibility index (Phi) is 6.74. The predicted molar refractivity (Wildman–Crippen MR) is 108 cm³/mol. The SMILES string of the molecule is Cc1ccc(C(=O)NCC(NC(=O)c2ccc(C)nc2)C2CCCCC2)cn1. The van der Waals surface area contributed by atoms with Crippen molar-refractivity contribution in [2.75, 3.05) is 6.54 Å². The molecule has 1 saturated carbocycles. The maximum atomic E-state index is 12.7. The zero-order valence-electron chi connectivity index (χ0n) is 16.6. The minimum atomic E-state index is -0.167. The molecule has 0 spiro atoms. The maximum absolute atomic E-state index is 12.7. The molecule has 28 heavy (non-hydrogen) atoms. The molecule has 1 aliphatic carbocycles. The van der Waals surface area contributed by atoms with Crippen LogP contribution >= 0.6 is 0 Å². The van der Waals surface area contributed by atoms with Crippen LogP contribution in [-0.2, 0) is 0 Å². The van der Waals surface area contributed by atoms with Gasteiger partial charge >= 0.3 is 0 Å². The van der Waals surface area contributed by atoms with Gasteiger partial charge in [-0.3, -0.25) is 19.6 Å². The van der Waals surface area contributed by atoms with E-state index in [1.165, 1.54) is 19.3 Å². The van der Waals surface area contributed by atoms with Crippen molar-refractivity contribution in [3.8, 4) is 0 Å². The molecule has 2 aromatic heterocycles. The van der Waals surface area contributed by atoms with E-state index in [-0.39, 0.29) is 17.9 Å². The number of nitrogens with one attached hydrogen (secondary N) is 2. The fourth-order valence-corrected chi connectivity index (χ4v) is 3.63. The van der Waals surface area contributed by atoms with Crippen LogP contribution in [0.15, 0.2) is 36.7 Å². The summed E-state index contributed by atoms with van der Waals surface area (Å²) in [6.07, 6.45) is 8.88. The molecule has 2 amide bonds. The first-order valence-electron chi connectivity index (χ1n) is 9.97. The third-order valence-corrected chi connectivity index (χ3v) is 5.36. The first-order valence-corrected chi connectivity index (χ1v) is 9.97. The van der Waals surface area contributed by atoms with E-state index in [9.17, 15) is 9.59 Å². The summed E-state index contributed by atoms with van der Waals surface area (Å²) in [5.74, 6) is 0.0569. The Morgan fingerprint density at radius 2 is 1.50 bits per heavy atom. The van der Waals surface area contributed by atoms with E-state index < -0.39 is 0 Å². The number of aromatic nitrogens is 2. The average Bonchev–Trinajstić information content (AvgIpc) is 2.72. The Balaban J connectivity index is 1.66. The van der Waals surface area contributed by atoms with Crippen molar-refractivity contribution in [3.05, 3.63) is 59.2 Å². The van der Waals surface area contributed by atoms with Gasteiger partial charge in [0.2, 0.25) is 0 Å². The summed E-state index contributed by atoms with van der Waals surface area (Å²) in [6, 6.07) is 7.10. The van der Waals surface area contributed by atoms with Gasteiger partial charge in [-0.05, 0) is 56.9 Å². The highest BCUT2D eigenvalue weighted by molar-refractivity contribution is 5.95. The van der Waals surface area contributed by atoms with E-state index >= 15 is 0 Å². The summed E-state index contributed by atoms with van der Waals surface area (Å²) in [5, 5.41) is 6.10. The molecule has 6 heteroatoms. The van der Waals surface area contributed by atoms with E-state index in [0.717, 1.165) is 24.2 Å². The molecule has 0 aromatic carbocycles. The van der Waals surface area contributed by atoms with Crippen molar-refractivity contribution >= 4 is 11.8 Å². The molecular weight excluding hydrogens is 352 g/mol. The number of nitrogens with zero attached hydrogens (tertiary/aromatic N) is 2. The van der Waals surface area contributed by atoms with Crippen molar-refractivity contribution in [1.29, 1.82) is 0 Å². The second-order valence-electron chi connectivity index (χ2n) is 7.56. The van der Waals surface area contributed by atoms with Crippen molar-refractivity contribution in [3.63, 3.8) is 0 Å². The molecular formula is C22H28N4O2. The lowest BCUT2D eigenvalue weighted by atomic mass is 9.83. The Labute approximate surface area is 166 Å². The van der Waals surface area contributed by atoms with Crippen LogP contribution < -0.4 is 10.6 Å². The lowest BCUT2D eigenvalue weighted by molar-refractivity contribution is 0.0882. The monoisotopic (exact) mass is 380 g/mol. The Morgan fingerprint density at radius 3 is 2.04 bits per heavy atom. The van der Waals surface area contributed by atoms with E-state index in [2.05, 4.69) is 20.6 Å². The molecule has 0 aliphatic heterocycles. The second-order valence-corrected chi connectivity index (χ2v) is 7.56. The molecule has 148 valence electrons. The van der Waals surface area contributed by atoms with E-state index in [1.807, 2.05) is 26.0 Å². The van der Waals surface area contributed by atoms with Crippen LogP contribution in [-0.4, -0.2) is 34.4 Å². The zero-order valence-corrected chi connectivity index (χ0v) is 16.6. The number of amides is 2. The summed E-state index contributed by atoms with van der Waals surface area (Å²) in [7, 11) is 0. The summed E-state index contributed by atoms with van der Waals surface area (Å²) in [4.78, 5) is 33.5. The number of pyridine rings is 2. The highest BCUT2D eigenvalue weighted by Crippen LogP contribution is 2.26. The van der Waals surface area contributed by atoms with Gasteiger partial charge in [-0.25, -0.2) is 0 Å². The Hall–Kier alpha value is -2.76. The number of hydrogen-bond donors (Lipinski definition) is 2. The van der Waals surface area contributed by atoms with Crippen LogP contribution in [0.2, 0.25) is 0 Å². The summed E-state index contributed by atoms with van der Waals surface area (Å²) < 4.78 is 0. The molecule has 0 saturated heterocycles. The van der Waals surface area contributed by atoms with Crippen LogP contribution in [0.25, 0.3) is 0 Å². The van der Waals surface area contributed by atoms with Gasteiger partial charge in [0.15, 0.2) is 0 Å². The summed E-state index contributed by atoms with van der Waals surface area (Å²) >= 11 is 0. The predicted octanol–water partition coefficient (Wildman–Crippen LogP) is 3.20. The molecule has 1 atom stereocenters. The highest BCUT2D eigenvalue weighted by atomic mass is 16.2. The fraction of sp³-hybridized carbons (Fsp3) is 0.455. The number of rotatable bonds is 6. The second kappa shape index (κ2) is 9.44. The largest absolute Gasteiger partial charge is 0.350 e. The smallest absolute Gasteiger partial charge is 0.253 e. The first kappa shape index (κ1) is 20.0. The number of aryl methyl sites for hydroxylation is 2. The number of hydrogen-bond acceptors (Lipinski definition) is 4. The molecule has 3 rings (SSSR count). The Morgan fingerprint density at radius 1 is 0.929 bits per heavy atom. The maximum Gasteiger partial charge on any atom is 0.253 e. The Bertz CT molecular complexity index is 796. The summed E-state index contributed by atoms with van der Waals surface area (Å²) in [5.41, 5.74) is 2.82. The van der Waals surface area contributed by atoms with Crippen molar-refractivity contribution in [2.24, 2.45) is 5.92 Å². The molecule has 1 aliphatic rings. The molecule has 1 fully saturated rings. The topological polar surface area (TPSA) is 84.0 Å². The molecule has 0 bridgehead atoms. The zero-order chi connectivity index (χ0) is 19.9. The van der Waals surface area contributed by atoms with Crippen LogP contribution in [0.4, 0.5) is 0 Å². The summed E-state index contributed by atoms with van der Waals surface area (Å²) in [6.45, 7) is 4.18. The average molecular weight is 380 g/mol. The van der Waals surface area contributed by atoms with E-state index in [4.69, 9.17) is 0 Å². The minimum absolute atomic E-state index is 0.100. The van der Waals surface area contributed by atoms with Gasteiger partial charge in [-0.1, -0.05) is 19.3 Å². The van der Waals surface area contributed by atoms with E-state index in [0.29, 0.717) is 23.6 Å². The van der Waals surface area contributed by atoms with Crippen LogP contribution in [0, 0.1) is 19.8 Å². The molecule has 1 unspecified atom stereocenters. The minimum Gasteiger partial charge on any atom is -0.350 e. The molecule has 2 heterocycles. The van der Waals surface area contributed by atoms with Crippen molar-refractivity contribution in [2.45, 2.75) is 52.0 Å². The van der Waals surface area contributed by atoms with Gasteiger partial charge < -0.3 is 10.6 Å². The van der Waals surface area contributed by atoms with Crippen LogP contribution in [0.5, 0.6) is 0 Å². The van der Waals surface area contributed by atoms with Gasteiger partial charge in [0.05, 0.1) is 11.1 Å². The van der Waals surface area contributed by atoms with E-state index in [1.54, 1.807) is 24.5 Å². The molecule has 2 aromatic rings. The highest BCUT2D eigenvalue weighted by Gasteiger charge is 2.26. The van der Waals surface area contributed by atoms with Gasteiger partial charge in [0.1, 0.15) is 0 Å². The fourth-order valence-electron chi connectivity index (χ4n) is 3.63. The number of carbonyl (C=O) groups excluding carboxylic acids is 2. The van der Waals surface area contributed by atoms with Gasteiger partial charge in [0.25, 0.3) is 11.8 Å². The van der Waals surface area contributed by atoms with Crippen LogP contribution in [0.1, 0.15) is 64.2 Å². The van der Waals surface area contributed by atoms with Gasteiger partial charge in [-0.15, -0.1) is 0 Å². The molecule has 2 N–H and O–H groups in total. The third-order valence-electron chi connectivity index (χ3n) is 5.36. The van der Waals surface area contributed by atoms with Crippen molar-refractivity contribution in [1.82, 2.24) is 20.6 Å². The normalized spacial score (nSPS) is 15.6. The van der Waals surface area contributed by atoms with Gasteiger partial charge in [-0.2, -0.15) is 0 Å². The van der Waals surface area contributed by atoms with Crippen molar-refractivity contribution < 1.29 is 9.59 Å². The van der Waals surface area contributed by atoms with Gasteiger partial charge in [0, 0.05) is 36.4 Å². The number of carbonyl (C=O) groups is 2.